The Bertz CT molecular complexity index is 1710. The lowest BCUT2D eigenvalue weighted by atomic mass is 10.0. The molecule has 0 fully saturated rings. The number of aliphatic hydroxyl groups excluding tert-OH is 1. The summed E-state index contributed by atoms with van der Waals surface area (Å²) in [7, 11) is 1.33. The molecule has 93 heavy (non-hydrogen) atoms. The Balaban J connectivity index is 3.90. The molecule has 548 valence electrons. The van der Waals surface area contributed by atoms with Gasteiger partial charge in [-0.1, -0.05) is 415 Å². The molecule has 0 saturated heterocycles. The van der Waals surface area contributed by atoms with E-state index in [-0.39, 0.29) is 19.1 Å². The lowest BCUT2D eigenvalue weighted by molar-refractivity contribution is -0.870. The van der Waals surface area contributed by atoms with Gasteiger partial charge in [-0.25, -0.2) is 0 Å². The van der Waals surface area contributed by atoms with Crippen molar-refractivity contribution in [3.8, 4) is 0 Å². The van der Waals surface area contributed by atoms with Crippen molar-refractivity contribution < 1.29 is 32.9 Å². The number of allylic oxidation sites excluding steroid dienone is 10. The topological polar surface area (TPSA) is 108 Å². The Kier molecular flexibility index (Phi) is 73.0. The molecule has 0 aromatic carbocycles. The summed E-state index contributed by atoms with van der Waals surface area (Å²) in [6.07, 6.45) is 104. The van der Waals surface area contributed by atoms with E-state index in [4.69, 9.17) is 9.05 Å². The summed E-state index contributed by atoms with van der Waals surface area (Å²) in [4.78, 5) is 25.8. The molecule has 9 heteroatoms. The van der Waals surface area contributed by atoms with Gasteiger partial charge in [-0.05, 0) is 57.8 Å². The minimum atomic E-state index is -4.58. The third-order valence-electron chi connectivity index (χ3n) is 19.0. The van der Waals surface area contributed by atoms with Gasteiger partial charge in [0, 0.05) is 6.42 Å². The smallest absolute Gasteiger partial charge is 0.268 e. The van der Waals surface area contributed by atoms with Crippen LogP contribution in [0.4, 0.5) is 0 Å². The van der Waals surface area contributed by atoms with Crippen LogP contribution in [0.2, 0.25) is 0 Å². The second kappa shape index (κ2) is 74.4. The number of phosphoric acid groups is 1. The molecule has 0 bridgehead atoms. The summed E-state index contributed by atoms with van der Waals surface area (Å²) >= 11 is 0. The fraction of sp³-hybridized carbons (Fsp3) is 0.869. The van der Waals surface area contributed by atoms with Gasteiger partial charge in [-0.2, -0.15) is 0 Å². The monoisotopic (exact) mass is 1330 g/mol. The zero-order valence-corrected chi connectivity index (χ0v) is 63.9. The molecule has 0 radical (unpaired) electrons. The molecule has 0 aromatic heterocycles. The van der Waals surface area contributed by atoms with Gasteiger partial charge in [0.1, 0.15) is 13.2 Å². The molecular formula is C84H161N2O6P. The van der Waals surface area contributed by atoms with Gasteiger partial charge in [-0.3, -0.25) is 9.36 Å². The quantitative estimate of drug-likeness (QED) is 0.0272. The Morgan fingerprint density at radius 3 is 0.957 bits per heavy atom. The van der Waals surface area contributed by atoms with Crippen molar-refractivity contribution >= 4 is 13.7 Å². The number of carbonyl (C=O) groups is 1. The van der Waals surface area contributed by atoms with Crippen LogP contribution in [0.15, 0.2) is 60.8 Å². The first-order valence-corrected chi connectivity index (χ1v) is 42.6. The second-order valence-electron chi connectivity index (χ2n) is 29.5. The van der Waals surface area contributed by atoms with Crippen molar-refractivity contribution in [2.24, 2.45) is 0 Å². The number of rotatable bonds is 77. The van der Waals surface area contributed by atoms with Crippen LogP contribution in [0.1, 0.15) is 418 Å². The number of likely N-dealkylation sites (N-methyl/N-ethyl adjacent to an activating group) is 1. The minimum Gasteiger partial charge on any atom is -0.756 e. The predicted molar refractivity (Wildman–Crippen MR) is 408 cm³/mol. The highest BCUT2D eigenvalue weighted by Gasteiger charge is 2.24. The number of amides is 1. The van der Waals surface area contributed by atoms with Gasteiger partial charge in [0.2, 0.25) is 5.91 Å². The van der Waals surface area contributed by atoms with Crippen LogP contribution in [-0.4, -0.2) is 68.5 Å². The van der Waals surface area contributed by atoms with Crippen LogP contribution < -0.4 is 10.2 Å². The number of aliphatic hydroxyl groups is 1. The van der Waals surface area contributed by atoms with Gasteiger partial charge in [-0.15, -0.1) is 0 Å². The largest absolute Gasteiger partial charge is 0.756 e. The summed E-state index contributed by atoms with van der Waals surface area (Å²) in [5.41, 5.74) is 0. The van der Waals surface area contributed by atoms with E-state index in [1.54, 1.807) is 0 Å². The first-order chi connectivity index (χ1) is 45.5. The van der Waals surface area contributed by atoms with Crippen LogP contribution in [-0.2, 0) is 18.4 Å². The van der Waals surface area contributed by atoms with Crippen molar-refractivity contribution in [1.82, 2.24) is 5.32 Å². The summed E-state index contributed by atoms with van der Waals surface area (Å²) in [6, 6.07) is -0.802. The molecule has 0 spiro atoms. The van der Waals surface area contributed by atoms with Crippen LogP contribution >= 0.6 is 7.82 Å². The number of phosphoric ester groups is 1. The summed E-state index contributed by atoms with van der Waals surface area (Å²) in [6.45, 7) is 4.67. The highest BCUT2D eigenvalue weighted by Crippen LogP contribution is 2.38. The maximum atomic E-state index is 13.1. The van der Waals surface area contributed by atoms with Crippen molar-refractivity contribution in [3.63, 3.8) is 0 Å². The number of nitrogens with one attached hydrogen (secondary N) is 1. The molecule has 3 atom stereocenters. The van der Waals surface area contributed by atoms with E-state index in [0.717, 1.165) is 70.6 Å². The number of quaternary nitrogens is 1. The molecule has 0 aliphatic heterocycles. The zero-order valence-electron chi connectivity index (χ0n) is 63.0. The maximum absolute atomic E-state index is 13.1. The van der Waals surface area contributed by atoms with Crippen LogP contribution in [0.3, 0.4) is 0 Å². The number of unbranched alkanes of at least 4 members (excludes halogenated alkanes) is 54. The molecule has 8 nitrogen and oxygen atoms in total. The normalized spacial score (nSPS) is 13.8. The molecule has 0 heterocycles. The molecule has 2 N–H and O–H groups in total. The average molecular weight is 1330 g/mol. The fourth-order valence-electron chi connectivity index (χ4n) is 12.7. The van der Waals surface area contributed by atoms with E-state index in [9.17, 15) is 19.4 Å². The minimum absolute atomic E-state index is 0.0141. The lowest BCUT2D eigenvalue weighted by Gasteiger charge is -2.30. The van der Waals surface area contributed by atoms with Gasteiger partial charge in [0.15, 0.2) is 0 Å². The molecule has 0 aliphatic carbocycles. The van der Waals surface area contributed by atoms with Gasteiger partial charge >= 0.3 is 0 Å². The Morgan fingerprint density at radius 2 is 0.656 bits per heavy atom. The maximum Gasteiger partial charge on any atom is 0.268 e. The predicted octanol–water partition coefficient (Wildman–Crippen LogP) is 26.4. The highest BCUT2D eigenvalue weighted by atomic mass is 31.2. The molecule has 1 amide bonds. The van der Waals surface area contributed by atoms with E-state index in [1.807, 2.05) is 21.1 Å². The Hall–Kier alpha value is -1.80. The zero-order chi connectivity index (χ0) is 67.6. The first-order valence-electron chi connectivity index (χ1n) is 41.1. The van der Waals surface area contributed by atoms with Crippen LogP contribution in [0.25, 0.3) is 0 Å². The highest BCUT2D eigenvalue weighted by molar-refractivity contribution is 7.45. The summed E-state index contributed by atoms with van der Waals surface area (Å²) in [5.74, 6) is -0.156. The van der Waals surface area contributed by atoms with E-state index in [2.05, 4.69) is 79.9 Å². The van der Waals surface area contributed by atoms with E-state index < -0.39 is 20.0 Å². The second-order valence-corrected chi connectivity index (χ2v) is 30.9. The SMILES string of the molecule is CC/C=C\C/C=C\C/C=C\C/C=C\C/C=C\CCCCCCCCCCCCCCCCCCCCCCCCCC(=O)NC(COP(=O)([O-])OCC[N+](C)(C)C)C(O)CCCCCCCCCCCCCCCCCCCCCCCCCCCCCCCCCC. The number of hydrogen-bond acceptors (Lipinski definition) is 6. The number of carbonyl (C=O) groups excluding carboxylic acids is 1. The molecule has 0 saturated carbocycles. The van der Waals surface area contributed by atoms with Gasteiger partial charge < -0.3 is 28.8 Å². The molecule has 0 aromatic rings. The summed E-state index contributed by atoms with van der Waals surface area (Å²) in [5, 5.41) is 14.2. The molecule has 0 rings (SSSR count). The van der Waals surface area contributed by atoms with Crippen molar-refractivity contribution in [2.45, 2.75) is 431 Å². The third kappa shape index (κ3) is 77.4. The lowest BCUT2D eigenvalue weighted by Crippen LogP contribution is -2.46. The van der Waals surface area contributed by atoms with E-state index in [1.165, 1.54) is 321 Å². The standard InChI is InChI=1S/C84H161N2O6P/c1-6-8-10-12-14-16-18-20-22-24-26-28-30-32-34-36-38-40-41-42-43-44-45-46-48-50-52-54-56-58-60-62-64-66-68-70-72-74-76-78-84(88)85-82(81-92-93(89,90)91-80-79-86(3,4)5)83(87)77-75-73-71-69-67-65-63-61-59-57-55-53-51-49-47-39-37-35-33-31-29-27-25-23-21-19-17-15-13-11-9-7-2/h8,10,14,16,20,22,26,28,32,34,82-83,87H,6-7,9,11-13,15,17-19,21,23-25,27,29-31,33,35-81H2,1-5H3,(H-,85,88,89,90)/b10-8-,16-14-,22-20-,28-26-,34-32-. The van der Waals surface area contributed by atoms with E-state index >= 15 is 0 Å². The summed E-state index contributed by atoms with van der Waals surface area (Å²) < 4.78 is 23.6. The third-order valence-corrected chi connectivity index (χ3v) is 20.0. The first kappa shape index (κ1) is 91.2. The number of hydrogen-bond donors (Lipinski definition) is 2. The number of nitrogens with zero attached hydrogens (tertiary/aromatic N) is 1. The van der Waals surface area contributed by atoms with Crippen molar-refractivity contribution in [3.05, 3.63) is 60.8 Å². The molecule has 0 aliphatic rings. The van der Waals surface area contributed by atoms with Crippen molar-refractivity contribution in [1.29, 1.82) is 0 Å². The van der Waals surface area contributed by atoms with E-state index in [0.29, 0.717) is 23.9 Å². The average Bonchev–Trinajstić information content (AvgIpc) is 1.94. The van der Waals surface area contributed by atoms with Crippen LogP contribution in [0.5, 0.6) is 0 Å². The van der Waals surface area contributed by atoms with Gasteiger partial charge in [0.05, 0.1) is 39.9 Å². The Labute approximate surface area is 581 Å². The van der Waals surface area contributed by atoms with Crippen molar-refractivity contribution in [2.75, 3.05) is 40.9 Å². The van der Waals surface area contributed by atoms with Crippen LogP contribution in [0, 0.1) is 0 Å². The van der Waals surface area contributed by atoms with Gasteiger partial charge in [0.25, 0.3) is 7.82 Å². The fourth-order valence-corrected chi connectivity index (χ4v) is 13.4. The molecular weight excluding hydrogens is 1160 g/mol. The molecule has 3 unspecified atom stereocenters. The Morgan fingerprint density at radius 1 is 0.387 bits per heavy atom.